The topological polar surface area (TPSA) is 96.0 Å². The molecular weight excluding hydrogens is 562 g/mol. The number of ether oxygens (including phenoxy) is 1. The molecule has 41 heavy (non-hydrogen) atoms. The summed E-state index contributed by atoms with van der Waals surface area (Å²) in [5, 5.41) is 3.20. The minimum Gasteiger partial charge on any atom is -0.495 e. The zero-order valence-electron chi connectivity index (χ0n) is 24.0. The van der Waals surface area contributed by atoms with E-state index in [0.717, 1.165) is 28.3 Å². The second-order valence-electron chi connectivity index (χ2n) is 9.72. The predicted octanol–water partition coefficient (Wildman–Crippen LogP) is 5.58. The van der Waals surface area contributed by atoms with E-state index in [9.17, 15) is 18.0 Å². The smallest absolute Gasteiger partial charge is 0.264 e. The molecule has 1 atom stereocenters. The minimum atomic E-state index is -4.25. The quantitative estimate of drug-likeness (QED) is 0.244. The van der Waals surface area contributed by atoms with Gasteiger partial charge in [-0.2, -0.15) is 0 Å². The van der Waals surface area contributed by atoms with Crippen molar-refractivity contribution in [3.05, 3.63) is 88.9 Å². The maximum atomic E-state index is 14.1. The Balaban J connectivity index is 2.09. The fraction of sp³-hybridized carbons (Fsp3) is 0.355. The number of aryl methyl sites for hydroxylation is 1. The molecule has 0 fully saturated rings. The molecule has 0 heterocycles. The minimum absolute atomic E-state index is 0.0110. The van der Waals surface area contributed by atoms with E-state index in [2.05, 4.69) is 5.32 Å². The average molecular weight is 600 g/mol. The van der Waals surface area contributed by atoms with Gasteiger partial charge in [-0.1, -0.05) is 79.9 Å². The first-order chi connectivity index (χ1) is 19.6. The van der Waals surface area contributed by atoms with Gasteiger partial charge in [-0.15, -0.1) is 0 Å². The van der Waals surface area contributed by atoms with Crippen LogP contribution in [0.1, 0.15) is 44.2 Å². The third-order valence-corrected chi connectivity index (χ3v) is 8.72. The molecule has 3 aromatic carbocycles. The van der Waals surface area contributed by atoms with Gasteiger partial charge in [0.05, 0.1) is 17.7 Å². The molecule has 10 heteroatoms. The van der Waals surface area contributed by atoms with Gasteiger partial charge in [-0.05, 0) is 55.7 Å². The van der Waals surface area contributed by atoms with E-state index in [4.69, 9.17) is 16.3 Å². The third-order valence-electron chi connectivity index (χ3n) is 6.71. The Morgan fingerprint density at radius 1 is 1.00 bits per heavy atom. The van der Waals surface area contributed by atoms with Gasteiger partial charge in [0.25, 0.3) is 10.0 Å². The first kappa shape index (κ1) is 32.0. The Bertz CT molecular complexity index is 1420. The lowest BCUT2D eigenvalue weighted by Gasteiger charge is -2.33. The van der Waals surface area contributed by atoms with Crippen molar-refractivity contribution in [1.82, 2.24) is 10.2 Å². The SMILES string of the molecule is CCCCNC(=O)[C@@H](CC)N(Cc1ccccc1)C(=O)CN(c1cc(Cl)ccc1OC)S(=O)(=O)c1ccc(C)cc1. The Hall–Kier alpha value is -3.56. The number of rotatable bonds is 14. The van der Waals surface area contributed by atoms with Crippen molar-refractivity contribution in [2.75, 3.05) is 24.5 Å². The lowest BCUT2D eigenvalue weighted by molar-refractivity contribution is -0.140. The van der Waals surface area contributed by atoms with E-state index in [-0.39, 0.29) is 33.8 Å². The lowest BCUT2D eigenvalue weighted by atomic mass is 10.1. The Kier molecular flexibility index (Phi) is 11.6. The summed E-state index contributed by atoms with van der Waals surface area (Å²) < 4.78 is 34.6. The lowest BCUT2D eigenvalue weighted by Crippen LogP contribution is -2.52. The van der Waals surface area contributed by atoms with E-state index >= 15 is 0 Å². The van der Waals surface area contributed by atoms with E-state index in [1.54, 1.807) is 24.3 Å². The van der Waals surface area contributed by atoms with Crippen LogP contribution in [0.15, 0.2) is 77.7 Å². The van der Waals surface area contributed by atoms with Crippen LogP contribution >= 0.6 is 11.6 Å². The maximum Gasteiger partial charge on any atom is 0.264 e. The van der Waals surface area contributed by atoms with Gasteiger partial charge in [0.2, 0.25) is 11.8 Å². The molecule has 2 amide bonds. The molecule has 0 aliphatic rings. The van der Waals surface area contributed by atoms with Crippen LogP contribution in [-0.4, -0.2) is 51.4 Å². The monoisotopic (exact) mass is 599 g/mol. The first-order valence-corrected chi connectivity index (χ1v) is 15.5. The number of unbranched alkanes of at least 4 members (excludes halogenated alkanes) is 1. The number of nitrogens with zero attached hydrogens (tertiary/aromatic N) is 2. The highest BCUT2D eigenvalue weighted by Gasteiger charge is 2.34. The summed E-state index contributed by atoms with van der Waals surface area (Å²) in [6.07, 6.45) is 2.07. The highest BCUT2D eigenvalue weighted by Crippen LogP contribution is 2.35. The van der Waals surface area contributed by atoms with Crippen LogP contribution in [0.3, 0.4) is 0 Å². The Labute approximate surface area is 248 Å². The van der Waals surface area contributed by atoms with Crippen molar-refractivity contribution >= 4 is 39.1 Å². The van der Waals surface area contributed by atoms with Crippen molar-refractivity contribution in [2.24, 2.45) is 0 Å². The predicted molar refractivity (Wildman–Crippen MR) is 163 cm³/mol. The zero-order chi connectivity index (χ0) is 30.0. The van der Waals surface area contributed by atoms with Crippen molar-refractivity contribution < 1.29 is 22.7 Å². The number of carbonyl (C=O) groups is 2. The normalized spacial score (nSPS) is 11.9. The molecule has 8 nitrogen and oxygen atoms in total. The molecular formula is C31H38ClN3O5S. The van der Waals surface area contributed by atoms with Gasteiger partial charge in [0, 0.05) is 18.1 Å². The summed E-state index contributed by atoms with van der Waals surface area (Å²) in [5.41, 5.74) is 1.82. The number of sulfonamides is 1. The molecule has 0 aromatic heterocycles. The van der Waals surface area contributed by atoms with Gasteiger partial charge in [-0.3, -0.25) is 13.9 Å². The van der Waals surface area contributed by atoms with Crippen molar-refractivity contribution in [3.63, 3.8) is 0 Å². The summed E-state index contributed by atoms with van der Waals surface area (Å²) in [5.74, 6) is -0.584. The van der Waals surface area contributed by atoms with Crippen molar-refractivity contribution in [1.29, 1.82) is 0 Å². The summed E-state index contributed by atoms with van der Waals surface area (Å²) in [4.78, 5) is 28.9. The molecule has 0 radical (unpaired) electrons. The standard InChI is InChI=1S/C31H38ClN3O5S/c1-5-7-19-33-31(37)27(6-2)34(21-24-11-9-8-10-12-24)30(36)22-35(28-20-25(32)15-18-29(28)40-4)41(38,39)26-16-13-23(3)14-17-26/h8-18,20,27H,5-7,19,21-22H2,1-4H3,(H,33,37)/t27-/m1/s1. The van der Waals surface area contributed by atoms with Gasteiger partial charge < -0.3 is 15.0 Å². The number of halogens is 1. The summed E-state index contributed by atoms with van der Waals surface area (Å²) in [6.45, 7) is 5.77. The number of hydrogen-bond acceptors (Lipinski definition) is 5. The van der Waals surface area contributed by atoms with Crippen LogP contribution in [0.4, 0.5) is 5.69 Å². The first-order valence-electron chi connectivity index (χ1n) is 13.7. The van der Waals surface area contributed by atoms with Crippen LogP contribution < -0.4 is 14.4 Å². The summed E-state index contributed by atoms with van der Waals surface area (Å²) in [6, 6.07) is 19.5. The van der Waals surface area contributed by atoms with Gasteiger partial charge in [0.15, 0.2) is 0 Å². The molecule has 0 spiro atoms. The number of nitrogens with one attached hydrogen (secondary N) is 1. The third kappa shape index (κ3) is 8.24. The molecule has 3 aromatic rings. The molecule has 0 aliphatic heterocycles. The highest BCUT2D eigenvalue weighted by molar-refractivity contribution is 7.92. The van der Waals surface area contributed by atoms with Crippen LogP contribution in [0.5, 0.6) is 5.75 Å². The molecule has 1 N–H and O–H groups in total. The largest absolute Gasteiger partial charge is 0.495 e. The molecule has 0 saturated carbocycles. The average Bonchev–Trinajstić information content (AvgIpc) is 2.96. The molecule has 0 aliphatic carbocycles. The summed E-state index contributed by atoms with van der Waals surface area (Å²) >= 11 is 6.29. The second kappa shape index (κ2) is 14.9. The van der Waals surface area contributed by atoms with Crippen molar-refractivity contribution in [2.45, 2.75) is 57.5 Å². The molecule has 220 valence electrons. The fourth-order valence-electron chi connectivity index (χ4n) is 4.41. The molecule has 0 saturated heterocycles. The van der Waals surface area contributed by atoms with Crippen LogP contribution in [0.25, 0.3) is 0 Å². The molecule has 3 rings (SSSR count). The highest BCUT2D eigenvalue weighted by atomic mass is 35.5. The zero-order valence-corrected chi connectivity index (χ0v) is 25.5. The Morgan fingerprint density at radius 2 is 1.68 bits per heavy atom. The second-order valence-corrected chi connectivity index (χ2v) is 12.0. The number of anilines is 1. The number of carbonyl (C=O) groups excluding carboxylic acids is 2. The van der Waals surface area contributed by atoms with Crippen LogP contribution in [0.2, 0.25) is 5.02 Å². The van der Waals surface area contributed by atoms with E-state index in [0.29, 0.717) is 13.0 Å². The van der Waals surface area contributed by atoms with E-state index in [1.165, 1.54) is 30.2 Å². The Morgan fingerprint density at radius 3 is 2.29 bits per heavy atom. The number of benzene rings is 3. The van der Waals surface area contributed by atoms with E-state index in [1.807, 2.05) is 51.1 Å². The van der Waals surface area contributed by atoms with E-state index < -0.39 is 28.5 Å². The van der Waals surface area contributed by atoms with Crippen molar-refractivity contribution in [3.8, 4) is 5.75 Å². The number of amides is 2. The number of methoxy groups -OCH3 is 1. The summed E-state index contributed by atoms with van der Waals surface area (Å²) in [7, 11) is -2.83. The van der Waals surface area contributed by atoms with Crippen LogP contribution in [0, 0.1) is 6.92 Å². The van der Waals surface area contributed by atoms with Crippen LogP contribution in [-0.2, 0) is 26.2 Å². The van der Waals surface area contributed by atoms with Gasteiger partial charge in [0.1, 0.15) is 18.3 Å². The molecule has 0 bridgehead atoms. The van der Waals surface area contributed by atoms with Gasteiger partial charge >= 0.3 is 0 Å². The maximum absolute atomic E-state index is 14.1. The molecule has 0 unspecified atom stereocenters. The van der Waals surface area contributed by atoms with Gasteiger partial charge in [-0.25, -0.2) is 8.42 Å². The number of hydrogen-bond donors (Lipinski definition) is 1. The fourth-order valence-corrected chi connectivity index (χ4v) is 6.00.